The minimum Gasteiger partial charge on any atom is -0.490 e. The molecule has 0 saturated heterocycles. The molecule has 1 aliphatic rings. The monoisotopic (exact) mass is 467 g/mol. The number of hydrogen-bond donors (Lipinski definition) is 1. The van der Waals surface area contributed by atoms with Crippen LogP contribution in [0.4, 0.5) is 10.1 Å². The Morgan fingerprint density at radius 3 is 2.60 bits per heavy atom. The molecule has 0 fully saturated rings. The van der Waals surface area contributed by atoms with E-state index in [0.29, 0.717) is 28.2 Å². The second-order valence-corrected chi connectivity index (χ2v) is 7.59. The van der Waals surface area contributed by atoms with Gasteiger partial charge in [-0.1, -0.05) is 30.3 Å². The van der Waals surface area contributed by atoms with Crippen molar-refractivity contribution >= 4 is 39.2 Å². The van der Waals surface area contributed by atoms with Gasteiger partial charge in [-0.25, -0.2) is 4.39 Å². The van der Waals surface area contributed by atoms with Gasteiger partial charge in [0.25, 0.3) is 5.91 Å². The summed E-state index contributed by atoms with van der Waals surface area (Å²) in [6.45, 7) is 2.63. The highest BCUT2D eigenvalue weighted by Crippen LogP contribution is 2.39. The lowest BCUT2D eigenvalue weighted by molar-refractivity contribution is -0.110. The molecule has 3 aromatic carbocycles. The SMILES string of the molecule is CCOc1cc(/C=C2\C(=O)Nc3ccccc32)cc(Br)c1OCc1ccc(F)cc1. The lowest BCUT2D eigenvalue weighted by atomic mass is 10.0. The van der Waals surface area contributed by atoms with Crippen molar-refractivity contribution in [3.8, 4) is 11.5 Å². The highest BCUT2D eigenvalue weighted by Gasteiger charge is 2.23. The molecule has 0 spiro atoms. The van der Waals surface area contributed by atoms with Crippen molar-refractivity contribution in [2.24, 2.45) is 0 Å². The number of hydrogen-bond acceptors (Lipinski definition) is 3. The molecule has 1 aliphatic heterocycles. The zero-order chi connectivity index (χ0) is 21.1. The van der Waals surface area contributed by atoms with Gasteiger partial charge in [-0.3, -0.25) is 4.79 Å². The second-order valence-electron chi connectivity index (χ2n) is 6.74. The largest absolute Gasteiger partial charge is 0.490 e. The lowest BCUT2D eigenvalue weighted by Crippen LogP contribution is -2.04. The molecule has 0 aromatic heterocycles. The van der Waals surface area contributed by atoms with Crippen molar-refractivity contribution in [2.45, 2.75) is 13.5 Å². The summed E-state index contributed by atoms with van der Waals surface area (Å²) in [5.41, 5.74) is 3.92. The van der Waals surface area contributed by atoms with Crippen LogP contribution >= 0.6 is 15.9 Å². The fourth-order valence-electron chi connectivity index (χ4n) is 3.26. The van der Waals surface area contributed by atoms with Crippen molar-refractivity contribution in [1.82, 2.24) is 0 Å². The molecule has 1 N–H and O–H groups in total. The molecule has 4 nitrogen and oxygen atoms in total. The molecular formula is C24H19BrFNO3. The Morgan fingerprint density at radius 1 is 1.07 bits per heavy atom. The normalized spacial score (nSPS) is 13.8. The van der Waals surface area contributed by atoms with E-state index in [-0.39, 0.29) is 18.3 Å². The summed E-state index contributed by atoms with van der Waals surface area (Å²) in [5.74, 6) is 0.693. The van der Waals surface area contributed by atoms with Gasteiger partial charge < -0.3 is 14.8 Å². The number of carbonyl (C=O) groups is 1. The first-order valence-electron chi connectivity index (χ1n) is 9.51. The molecule has 1 heterocycles. The molecule has 0 aliphatic carbocycles. The second kappa shape index (κ2) is 8.71. The lowest BCUT2D eigenvalue weighted by Gasteiger charge is -2.15. The minimum atomic E-state index is -0.287. The van der Waals surface area contributed by atoms with Gasteiger partial charge in [0.1, 0.15) is 12.4 Å². The molecule has 0 unspecified atom stereocenters. The van der Waals surface area contributed by atoms with Gasteiger partial charge >= 0.3 is 0 Å². The topological polar surface area (TPSA) is 47.6 Å². The van der Waals surface area contributed by atoms with Crippen LogP contribution in [-0.4, -0.2) is 12.5 Å². The van der Waals surface area contributed by atoms with Gasteiger partial charge in [0, 0.05) is 16.8 Å². The van der Waals surface area contributed by atoms with Crippen molar-refractivity contribution in [2.75, 3.05) is 11.9 Å². The Bertz CT molecular complexity index is 1130. The molecule has 0 radical (unpaired) electrons. The molecule has 152 valence electrons. The Kier molecular flexibility index (Phi) is 5.86. The van der Waals surface area contributed by atoms with E-state index in [4.69, 9.17) is 9.47 Å². The van der Waals surface area contributed by atoms with E-state index < -0.39 is 0 Å². The number of benzene rings is 3. The van der Waals surface area contributed by atoms with Gasteiger partial charge in [0.05, 0.1) is 11.1 Å². The number of amides is 1. The predicted octanol–water partition coefficient (Wildman–Crippen LogP) is 6.06. The Hall–Kier alpha value is -3.12. The quantitative estimate of drug-likeness (QED) is 0.448. The summed E-state index contributed by atoms with van der Waals surface area (Å²) in [4.78, 5) is 12.4. The minimum absolute atomic E-state index is 0.137. The Morgan fingerprint density at radius 2 is 1.83 bits per heavy atom. The average Bonchev–Trinajstić information content (AvgIpc) is 3.04. The van der Waals surface area contributed by atoms with E-state index in [0.717, 1.165) is 22.4 Å². The summed E-state index contributed by atoms with van der Waals surface area (Å²) < 4.78 is 25.5. The summed E-state index contributed by atoms with van der Waals surface area (Å²) in [6, 6.07) is 17.5. The Labute approximate surface area is 182 Å². The number of halogens is 2. The first kappa shape index (κ1) is 20.2. The van der Waals surface area contributed by atoms with E-state index in [1.807, 2.05) is 49.4 Å². The number of para-hydroxylation sites is 1. The van der Waals surface area contributed by atoms with Crippen LogP contribution in [0.1, 0.15) is 23.6 Å². The summed E-state index contributed by atoms with van der Waals surface area (Å²) >= 11 is 3.55. The number of anilines is 1. The fraction of sp³-hybridized carbons (Fsp3) is 0.125. The van der Waals surface area contributed by atoms with E-state index in [9.17, 15) is 9.18 Å². The van der Waals surface area contributed by atoms with Crippen molar-refractivity contribution in [3.63, 3.8) is 0 Å². The zero-order valence-electron chi connectivity index (χ0n) is 16.2. The van der Waals surface area contributed by atoms with E-state index in [1.165, 1.54) is 12.1 Å². The first-order chi connectivity index (χ1) is 14.5. The molecule has 0 atom stereocenters. The van der Waals surface area contributed by atoms with Crippen molar-refractivity contribution in [3.05, 3.63) is 87.6 Å². The molecule has 0 saturated carbocycles. The zero-order valence-corrected chi connectivity index (χ0v) is 17.8. The maximum atomic E-state index is 13.1. The summed E-state index contributed by atoms with van der Waals surface area (Å²) in [5, 5.41) is 2.87. The van der Waals surface area contributed by atoms with Gasteiger partial charge in [-0.15, -0.1) is 0 Å². The first-order valence-corrected chi connectivity index (χ1v) is 10.3. The van der Waals surface area contributed by atoms with E-state index in [2.05, 4.69) is 21.2 Å². The number of carbonyl (C=O) groups excluding carboxylic acids is 1. The van der Waals surface area contributed by atoms with Crippen molar-refractivity contribution < 1.29 is 18.7 Å². The van der Waals surface area contributed by atoms with Crippen LogP contribution in [0.2, 0.25) is 0 Å². The van der Waals surface area contributed by atoms with Crippen LogP contribution in [0, 0.1) is 5.82 Å². The fourth-order valence-corrected chi connectivity index (χ4v) is 3.83. The average molecular weight is 468 g/mol. The number of rotatable bonds is 6. The van der Waals surface area contributed by atoms with Crippen LogP contribution in [0.3, 0.4) is 0 Å². The van der Waals surface area contributed by atoms with Crippen LogP contribution < -0.4 is 14.8 Å². The Balaban J connectivity index is 1.65. The smallest absolute Gasteiger partial charge is 0.256 e. The van der Waals surface area contributed by atoms with E-state index in [1.54, 1.807) is 12.1 Å². The van der Waals surface area contributed by atoms with Crippen LogP contribution in [0.25, 0.3) is 11.6 Å². The third-order valence-electron chi connectivity index (χ3n) is 4.65. The molecule has 4 rings (SSSR count). The summed E-state index contributed by atoms with van der Waals surface area (Å²) in [6.07, 6.45) is 1.83. The maximum absolute atomic E-state index is 13.1. The summed E-state index contributed by atoms with van der Waals surface area (Å²) in [7, 11) is 0. The van der Waals surface area contributed by atoms with Gasteiger partial charge in [-0.2, -0.15) is 0 Å². The highest BCUT2D eigenvalue weighted by atomic mass is 79.9. The molecule has 6 heteroatoms. The van der Waals surface area contributed by atoms with Crippen LogP contribution in [0.15, 0.2) is 65.1 Å². The standard InChI is InChI=1S/C24H19BrFNO3/c1-2-29-22-13-16(11-19-18-5-3-4-6-21(18)27-24(19)28)12-20(25)23(22)30-14-15-7-9-17(26)10-8-15/h3-13H,2,14H2,1H3,(H,27,28)/b19-11-. The molecule has 30 heavy (non-hydrogen) atoms. The number of fused-ring (bicyclic) bond motifs is 1. The molecule has 3 aromatic rings. The van der Waals surface area contributed by atoms with Crippen LogP contribution in [0.5, 0.6) is 11.5 Å². The third-order valence-corrected chi connectivity index (χ3v) is 5.24. The van der Waals surface area contributed by atoms with Crippen LogP contribution in [-0.2, 0) is 11.4 Å². The van der Waals surface area contributed by atoms with Gasteiger partial charge in [0.2, 0.25) is 0 Å². The van der Waals surface area contributed by atoms with Crippen molar-refractivity contribution in [1.29, 1.82) is 0 Å². The highest BCUT2D eigenvalue weighted by molar-refractivity contribution is 9.10. The van der Waals surface area contributed by atoms with Gasteiger partial charge in [0.15, 0.2) is 11.5 Å². The van der Waals surface area contributed by atoms with E-state index >= 15 is 0 Å². The molecular weight excluding hydrogens is 449 g/mol. The van der Waals surface area contributed by atoms with Gasteiger partial charge in [-0.05, 0) is 70.4 Å². The number of nitrogens with one attached hydrogen (secondary N) is 1. The third kappa shape index (κ3) is 4.24. The maximum Gasteiger partial charge on any atom is 0.256 e. The predicted molar refractivity (Wildman–Crippen MR) is 119 cm³/mol. The number of ether oxygens (including phenoxy) is 2. The molecule has 1 amide bonds. The molecule has 0 bridgehead atoms.